The molecule has 0 bridgehead atoms. The van der Waals surface area contributed by atoms with E-state index < -0.39 is 30.1 Å². The number of Topliss-reactive ketones (excluding diaryl/α,β-unsaturated/α-hetero) is 1. The van der Waals surface area contributed by atoms with Gasteiger partial charge in [0.25, 0.3) is 0 Å². The van der Waals surface area contributed by atoms with Crippen molar-refractivity contribution >= 4 is 35.4 Å². The quantitative estimate of drug-likeness (QED) is 0.109. The molecule has 0 aromatic heterocycles. The lowest BCUT2D eigenvalue weighted by Gasteiger charge is -2.21. The number of benzene rings is 3. The van der Waals surface area contributed by atoms with Gasteiger partial charge in [0.1, 0.15) is 24.3 Å². The number of hydrogen-bond acceptors (Lipinski definition) is 9. The van der Waals surface area contributed by atoms with Crippen molar-refractivity contribution < 1.29 is 38.1 Å². The SMILES string of the molecule is CCOC(=O)c1ccc(OC(C)NC(C=O)C(=O)Cc2ccc(NC(=O)Nc3ccccc3C)c(OC)c2)c(OC)c1. The molecule has 3 aromatic carbocycles. The first-order valence-corrected chi connectivity index (χ1v) is 13.2. The van der Waals surface area contributed by atoms with Crippen LogP contribution < -0.4 is 30.2 Å². The second-order valence-electron chi connectivity index (χ2n) is 9.20. The number of hydrogen-bond donors (Lipinski definition) is 3. The smallest absolute Gasteiger partial charge is 0.338 e. The second kappa shape index (κ2) is 15.2. The number of carbonyl (C=O) groups excluding carboxylic acids is 4. The van der Waals surface area contributed by atoms with Crippen molar-refractivity contribution in [3.8, 4) is 17.2 Å². The van der Waals surface area contributed by atoms with Crippen LogP contribution in [-0.4, -0.2) is 57.2 Å². The second-order valence-corrected chi connectivity index (χ2v) is 9.20. The number of urea groups is 1. The number of aldehydes is 1. The standard InChI is InChI=1S/C31H35N3O8/c1-6-41-30(37)22-12-14-27(29(17-22)40-5)42-20(3)32-25(18-35)26(36)15-21-11-13-24(28(16-21)39-4)34-31(38)33-23-10-8-7-9-19(23)2/h7-14,16-18,20,25,32H,6,15H2,1-5H3,(H2,33,34,38). The molecule has 0 saturated heterocycles. The van der Waals surface area contributed by atoms with Gasteiger partial charge in [0.2, 0.25) is 0 Å². The van der Waals surface area contributed by atoms with E-state index in [4.69, 9.17) is 18.9 Å². The topological polar surface area (TPSA) is 141 Å². The zero-order valence-electron chi connectivity index (χ0n) is 24.2. The minimum atomic E-state index is -1.16. The van der Waals surface area contributed by atoms with Gasteiger partial charge in [-0.1, -0.05) is 24.3 Å². The Morgan fingerprint density at radius 3 is 2.26 bits per heavy atom. The average molecular weight is 578 g/mol. The van der Waals surface area contributed by atoms with Crippen LogP contribution in [0.4, 0.5) is 16.2 Å². The molecule has 0 spiro atoms. The van der Waals surface area contributed by atoms with Gasteiger partial charge in [0, 0.05) is 12.1 Å². The maximum atomic E-state index is 13.0. The lowest BCUT2D eigenvalue weighted by atomic mass is 10.0. The molecule has 11 heteroatoms. The number of ether oxygens (including phenoxy) is 4. The van der Waals surface area contributed by atoms with Crippen LogP contribution in [0.5, 0.6) is 17.2 Å². The molecule has 0 radical (unpaired) electrons. The van der Waals surface area contributed by atoms with Gasteiger partial charge < -0.3 is 34.4 Å². The first kappa shape index (κ1) is 31.6. The van der Waals surface area contributed by atoms with Crippen molar-refractivity contribution in [2.24, 2.45) is 0 Å². The number of rotatable bonds is 14. The van der Waals surface area contributed by atoms with Crippen LogP contribution in [0.2, 0.25) is 0 Å². The number of aryl methyl sites for hydroxylation is 1. The first-order chi connectivity index (χ1) is 20.2. The van der Waals surface area contributed by atoms with Crippen LogP contribution in [-0.2, 0) is 20.7 Å². The van der Waals surface area contributed by atoms with Gasteiger partial charge in [-0.15, -0.1) is 0 Å². The molecule has 0 fully saturated rings. The summed E-state index contributed by atoms with van der Waals surface area (Å²) in [5.41, 5.74) is 2.88. The third-order valence-electron chi connectivity index (χ3n) is 6.16. The number of methoxy groups -OCH3 is 2. The highest BCUT2D eigenvalue weighted by Gasteiger charge is 2.22. The molecule has 0 aliphatic rings. The Labute approximate surface area is 244 Å². The first-order valence-electron chi connectivity index (χ1n) is 13.2. The van der Waals surface area contributed by atoms with Crippen molar-refractivity contribution in [2.45, 2.75) is 39.5 Å². The van der Waals surface area contributed by atoms with Crippen LogP contribution in [0, 0.1) is 6.92 Å². The Morgan fingerprint density at radius 1 is 0.881 bits per heavy atom. The summed E-state index contributed by atoms with van der Waals surface area (Å²) in [5, 5.41) is 8.39. The summed E-state index contributed by atoms with van der Waals surface area (Å²) in [6, 6.07) is 15.3. The Hall–Kier alpha value is -4.90. The van der Waals surface area contributed by atoms with Gasteiger partial charge in [0.05, 0.1) is 32.1 Å². The molecular formula is C31H35N3O8. The predicted molar refractivity (Wildman–Crippen MR) is 158 cm³/mol. The van der Waals surface area contributed by atoms with E-state index in [1.807, 2.05) is 25.1 Å². The minimum Gasteiger partial charge on any atom is -0.495 e. The maximum Gasteiger partial charge on any atom is 0.338 e. The molecule has 3 aromatic rings. The van der Waals surface area contributed by atoms with Gasteiger partial charge in [-0.25, -0.2) is 9.59 Å². The number of amides is 2. The molecule has 2 atom stereocenters. The molecule has 2 unspecified atom stereocenters. The third kappa shape index (κ3) is 8.55. The average Bonchev–Trinajstić information content (AvgIpc) is 2.98. The van der Waals surface area contributed by atoms with E-state index >= 15 is 0 Å². The number of ketones is 1. The number of carbonyl (C=O) groups is 4. The monoisotopic (exact) mass is 577 g/mol. The van der Waals surface area contributed by atoms with Crippen LogP contribution >= 0.6 is 0 Å². The van der Waals surface area contributed by atoms with E-state index in [0.717, 1.165) is 5.56 Å². The van der Waals surface area contributed by atoms with Crippen LogP contribution in [0.25, 0.3) is 0 Å². The minimum absolute atomic E-state index is 0.0767. The molecule has 11 nitrogen and oxygen atoms in total. The number of esters is 1. The molecule has 0 saturated carbocycles. The zero-order valence-corrected chi connectivity index (χ0v) is 24.2. The fourth-order valence-electron chi connectivity index (χ4n) is 4.04. The fourth-order valence-corrected chi connectivity index (χ4v) is 4.04. The lowest BCUT2D eigenvalue weighted by Crippen LogP contribution is -2.46. The third-order valence-corrected chi connectivity index (χ3v) is 6.16. The number of para-hydroxylation sites is 1. The van der Waals surface area contributed by atoms with Crippen LogP contribution in [0.1, 0.15) is 35.3 Å². The number of anilines is 2. The van der Waals surface area contributed by atoms with Gasteiger partial charge in [-0.3, -0.25) is 10.1 Å². The largest absolute Gasteiger partial charge is 0.495 e. The molecule has 3 N–H and O–H groups in total. The van der Waals surface area contributed by atoms with Gasteiger partial charge in [-0.05, 0) is 68.3 Å². The van der Waals surface area contributed by atoms with E-state index in [1.165, 1.54) is 26.4 Å². The fraction of sp³-hybridized carbons (Fsp3) is 0.290. The van der Waals surface area contributed by atoms with Crippen molar-refractivity contribution in [3.63, 3.8) is 0 Å². The highest BCUT2D eigenvalue weighted by molar-refractivity contribution is 6.01. The Bertz CT molecular complexity index is 1430. The normalized spacial score (nSPS) is 11.9. The lowest BCUT2D eigenvalue weighted by molar-refractivity contribution is -0.125. The molecule has 3 rings (SSSR count). The highest BCUT2D eigenvalue weighted by Crippen LogP contribution is 2.29. The Balaban J connectivity index is 1.62. The van der Waals surface area contributed by atoms with Crippen molar-refractivity contribution in [2.75, 3.05) is 31.5 Å². The zero-order chi connectivity index (χ0) is 30.6. The van der Waals surface area contributed by atoms with E-state index in [2.05, 4.69) is 16.0 Å². The molecule has 222 valence electrons. The number of nitrogens with one attached hydrogen (secondary N) is 3. The highest BCUT2D eigenvalue weighted by atomic mass is 16.5. The van der Waals surface area contributed by atoms with Crippen molar-refractivity contribution in [1.29, 1.82) is 0 Å². The maximum absolute atomic E-state index is 13.0. The molecule has 0 heterocycles. The van der Waals surface area contributed by atoms with E-state index in [1.54, 1.807) is 44.2 Å². The van der Waals surface area contributed by atoms with Crippen molar-refractivity contribution in [1.82, 2.24) is 5.32 Å². The summed E-state index contributed by atoms with van der Waals surface area (Å²) in [6.45, 7) is 5.47. The summed E-state index contributed by atoms with van der Waals surface area (Å²) in [4.78, 5) is 49.3. The molecular weight excluding hydrogens is 542 g/mol. The summed E-state index contributed by atoms with van der Waals surface area (Å²) in [5.74, 6) is 0.0562. The van der Waals surface area contributed by atoms with E-state index in [-0.39, 0.29) is 18.8 Å². The van der Waals surface area contributed by atoms with Crippen LogP contribution in [0.3, 0.4) is 0 Å². The molecule has 0 aliphatic carbocycles. The van der Waals surface area contributed by atoms with Gasteiger partial charge in [0.15, 0.2) is 17.3 Å². The van der Waals surface area contributed by atoms with E-state index in [9.17, 15) is 19.2 Å². The summed E-state index contributed by atoms with van der Waals surface area (Å²) >= 11 is 0. The van der Waals surface area contributed by atoms with Gasteiger partial charge >= 0.3 is 12.0 Å². The molecule has 2 amide bonds. The molecule has 42 heavy (non-hydrogen) atoms. The summed E-state index contributed by atoms with van der Waals surface area (Å²) in [6.07, 6.45) is -0.335. The molecule has 0 aliphatic heterocycles. The summed E-state index contributed by atoms with van der Waals surface area (Å²) in [7, 11) is 2.88. The Kier molecular flexibility index (Phi) is 11.4. The predicted octanol–water partition coefficient (Wildman–Crippen LogP) is 4.53. The Morgan fingerprint density at radius 2 is 1.60 bits per heavy atom. The van der Waals surface area contributed by atoms with Gasteiger partial charge in [-0.2, -0.15) is 0 Å². The van der Waals surface area contributed by atoms with E-state index in [0.29, 0.717) is 40.3 Å². The summed E-state index contributed by atoms with van der Waals surface area (Å²) < 4.78 is 21.6. The van der Waals surface area contributed by atoms with Crippen molar-refractivity contribution in [3.05, 3.63) is 77.4 Å². The van der Waals surface area contributed by atoms with Crippen LogP contribution in [0.15, 0.2) is 60.7 Å².